The van der Waals surface area contributed by atoms with Gasteiger partial charge in [0, 0.05) is 19.7 Å². The molecule has 1 aromatic carbocycles. The smallest absolute Gasteiger partial charge is 0.141 e. The standard InChI is InChI=1S/C15H17N5/c1-4-12-14(17-2)18-10-19-15(12)20(3)13-8-6-5-7-11(13)9-16/h5-8,10H,4H2,1-3H3,(H,17,18,19). The molecule has 0 aliphatic carbocycles. The van der Waals surface area contributed by atoms with E-state index in [4.69, 9.17) is 0 Å². The van der Waals surface area contributed by atoms with Crippen LogP contribution < -0.4 is 10.2 Å². The van der Waals surface area contributed by atoms with Crippen LogP contribution in [0.5, 0.6) is 0 Å². The van der Waals surface area contributed by atoms with Crippen LogP contribution in [-0.2, 0) is 6.42 Å². The van der Waals surface area contributed by atoms with Crippen LogP contribution in [0.1, 0.15) is 18.1 Å². The molecule has 1 N–H and O–H groups in total. The maximum atomic E-state index is 9.22. The van der Waals surface area contributed by atoms with Gasteiger partial charge in [0.1, 0.15) is 24.0 Å². The zero-order valence-corrected chi connectivity index (χ0v) is 11.9. The van der Waals surface area contributed by atoms with E-state index in [-0.39, 0.29) is 0 Å². The lowest BCUT2D eigenvalue weighted by Crippen LogP contribution is -2.16. The summed E-state index contributed by atoms with van der Waals surface area (Å²) >= 11 is 0. The van der Waals surface area contributed by atoms with Gasteiger partial charge in [0.15, 0.2) is 0 Å². The molecule has 1 heterocycles. The number of para-hydroxylation sites is 1. The summed E-state index contributed by atoms with van der Waals surface area (Å²) in [6.45, 7) is 2.06. The minimum Gasteiger partial charge on any atom is -0.373 e. The number of aromatic nitrogens is 2. The molecule has 0 radical (unpaired) electrons. The molecule has 102 valence electrons. The number of nitriles is 1. The molecular weight excluding hydrogens is 250 g/mol. The third-order valence-corrected chi connectivity index (χ3v) is 3.22. The molecule has 0 aliphatic heterocycles. The van der Waals surface area contributed by atoms with Crippen molar-refractivity contribution in [1.29, 1.82) is 5.26 Å². The van der Waals surface area contributed by atoms with E-state index in [1.54, 1.807) is 6.07 Å². The molecule has 0 spiro atoms. The summed E-state index contributed by atoms with van der Waals surface area (Å²) in [5.74, 6) is 1.63. The van der Waals surface area contributed by atoms with Crippen molar-refractivity contribution in [2.45, 2.75) is 13.3 Å². The number of nitrogens with zero attached hydrogens (tertiary/aromatic N) is 4. The summed E-state index contributed by atoms with van der Waals surface area (Å²) in [5.41, 5.74) is 2.50. The molecule has 0 unspecified atom stereocenters. The molecular formula is C15H17N5. The average molecular weight is 267 g/mol. The minimum atomic E-state index is 0.627. The van der Waals surface area contributed by atoms with Gasteiger partial charge in [-0.2, -0.15) is 5.26 Å². The minimum absolute atomic E-state index is 0.627. The Balaban J connectivity index is 2.54. The van der Waals surface area contributed by atoms with Gasteiger partial charge in [-0.25, -0.2) is 9.97 Å². The highest BCUT2D eigenvalue weighted by atomic mass is 15.2. The van der Waals surface area contributed by atoms with Gasteiger partial charge >= 0.3 is 0 Å². The Bertz CT molecular complexity index is 645. The van der Waals surface area contributed by atoms with Crippen LogP contribution in [0.15, 0.2) is 30.6 Å². The van der Waals surface area contributed by atoms with Crippen LogP contribution in [0.25, 0.3) is 0 Å². The largest absolute Gasteiger partial charge is 0.373 e. The van der Waals surface area contributed by atoms with Crippen molar-refractivity contribution in [3.63, 3.8) is 0 Å². The molecule has 5 nitrogen and oxygen atoms in total. The van der Waals surface area contributed by atoms with E-state index in [1.165, 1.54) is 6.33 Å². The fourth-order valence-corrected chi connectivity index (χ4v) is 2.21. The van der Waals surface area contributed by atoms with Crippen molar-refractivity contribution in [2.24, 2.45) is 0 Å². The van der Waals surface area contributed by atoms with Gasteiger partial charge < -0.3 is 10.2 Å². The number of benzene rings is 1. The second-order valence-electron chi connectivity index (χ2n) is 4.32. The number of rotatable bonds is 4. The first-order valence-electron chi connectivity index (χ1n) is 6.47. The second-order valence-corrected chi connectivity index (χ2v) is 4.32. The van der Waals surface area contributed by atoms with Crippen LogP contribution in [0.4, 0.5) is 17.3 Å². The van der Waals surface area contributed by atoms with E-state index in [2.05, 4.69) is 28.3 Å². The van der Waals surface area contributed by atoms with Crippen LogP contribution in [0.2, 0.25) is 0 Å². The van der Waals surface area contributed by atoms with Crippen LogP contribution in [-0.4, -0.2) is 24.1 Å². The molecule has 0 aliphatic rings. The molecule has 2 rings (SSSR count). The topological polar surface area (TPSA) is 64.8 Å². The first kappa shape index (κ1) is 13.8. The maximum Gasteiger partial charge on any atom is 0.141 e. The summed E-state index contributed by atoms with van der Waals surface area (Å²) in [4.78, 5) is 10.5. The molecule has 0 amide bonds. The van der Waals surface area contributed by atoms with Crippen LogP contribution in [0.3, 0.4) is 0 Å². The summed E-state index contributed by atoms with van der Waals surface area (Å²) in [5, 5.41) is 12.3. The molecule has 0 fully saturated rings. The van der Waals surface area contributed by atoms with Gasteiger partial charge in [0.05, 0.1) is 11.3 Å². The highest BCUT2D eigenvalue weighted by Gasteiger charge is 2.16. The van der Waals surface area contributed by atoms with Gasteiger partial charge in [-0.15, -0.1) is 0 Å². The van der Waals surface area contributed by atoms with Gasteiger partial charge in [-0.3, -0.25) is 0 Å². The summed E-state index contributed by atoms with van der Waals surface area (Å²) in [6.07, 6.45) is 2.34. The Morgan fingerprint density at radius 3 is 2.70 bits per heavy atom. The highest BCUT2D eigenvalue weighted by Crippen LogP contribution is 2.30. The lowest BCUT2D eigenvalue weighted by atomic mass is 10.1. The summed E-state index contributed by atoms with van der Waals surface area (Å²) in [7, 11) is 3.76. The Morgan fingerprint density at radius 1 is 1.30 bits per heavy atom. The van der Waals surface area contributed by atoms with Crippen LogP contribution in [0, 0.1) is 11.3 Å². The Morgan fingerprint density at radius 2 is 2.05 bits per heavy atom. The molecule has 0 saturated carbocycles. The average Bonchev–Trinajstić information content (AvgIpc) is 2.53. The number of hydrogen-bond acceptors (Lipinski definition) is 5. The Hall–Kier alpha value is -2.61. The SMILES string of the molecule is CCc1c(NC)ncnc1N(C)c1ccccc1C#N. The normalized spacial score (nSPS) is 9.90. The third-order valence-electron chi connectivity index (χ3n) is 3.22. The molecule has 5 heteroatoms. The predicted molar refractivity (Wildman–Crippen MR) is 80.2 cm³/mol. The quantitative estimate of drug-likeness (QED) is 0.922. The summed E-state index contributed by atoms with van der Waals surface area (Å²) < 4.78 is 0. The fraction of sp³-hybridized carbons (Fsp3) is 0.267. The van der Waals surface area contributed by atoms with E-state index in [0.29, 0.717) is 5.56 Å². The van der Waals surface area contributed by atoms with Crippen molar-refractivity contribution in [3.8, 4) is 6.07 Å². The van der Waals surface area contributed by atoms with Crippen molar-refractivity contribution < 1.29 is 0 Å². The van der Waals surface area contributed by atoms with E-state index in [9.17, 15) is 5.26 Å². The van der Waals surface area contributed by atoms with Gasteiger partial charge in [-0.1, -0.05) is 19.1 Å². The maximum absolute atomic E-state index is 9.22. The number of anilines is 3. The van der Waals surface area contributed by atoms with Crippen molar-refractivity contribution in [2.75, 3.05) is 24.3 Å². The molecule has 20 heavy (non-hydrogen) atoms. The van der Waals surface area contributed by atoms with Gasteiger partial charge in [-0.05, 0) is 18.6 Å². The predicted octanol–water partition coefficient (Wildman–Crippen LogP) is 2.72. The van der Waals surface area contributed by atoms with Crippen molar-refractivity contribution >= 4 is 17.3 Å². The van der Waals surface area contributed by atoms with E-state index < -0.39 is 0 Å². The van der Waals surface area contributed by atoms with E-state index in [1.807, 2.05) is 37.2 Å². The number of hydrogen-bond donors (Lipinski definition) is 1. The lowest BCUT2D eigenvalue weighted by molar-refractivity contribution is 0.999. The first-order valence-corrected chi connectivity index (χ1v) is 6.47. The van der Waals surface area contributed by atoms with Gasteiger partial charge in [0.25, 0.3) is 0 Å². The molecule has 0 saturated heterocycles. The van der Waals surface area contributed by atoms with E-state index in [0.717, 1.165) is 29.3 Å². The zero-order valence-electron chi connectivity index (χ0n) is 11.9. The molecule has 0 bridgehead atoms. The van der Waals surface area contributed by atoms with Crippen molar-refractivity contribution in [1.82, 2.24) is 9.97 Å². The molecule has 0 atom stereocenters. The third kappa shape index (κ3) is 2.41. The lowest BCUT2D eigenvalue weighted by Gasteiger charge is -2.22. The van der Waals surface area contributed by atoms with Gasteiger partial charge in [0.2, 0.25) is 0 Å². The molecule has 2 aromatic rings. The fourth-order valence-electron chi connectivity index (χ4n) is 2.21. The second kappa shape index (κ2) is 6.02. The Labute approximate surface area is 118 Å². The Kier molecular flexibility index (Phi) is 4.16. The van der Waals surface area contributed by atoms with E-state index >= 15 is 0 Å². The first-order chi connectivity index (χ1) is 9.72. The highest BCUT2D eigenvalue weighted by molar-refractivity contribution is 5.71. The van der Waals surface area contributed by atoms with Crippen molar-refractivity contribution in [3.05, 3.63) is 41.7 Å². The van der Waals surface area contributed by atoms with Crippen LogP contribution >= 0.6 is 0 Å². The summed E-state index contributed by atoms with van der Waals surface area (Å²) in [6, 6.07) is 9.70. The number of nitrogens with one attached hydrogen (secondary N) is 1. The monoisotopic (exact) mass is 267 g/mol. The zero-order chi connectivity index (χ0) is 14.5. The molecule has 1 aromatic heterocycles.